The van der Waals surface area contributed by atoms with Crippen molar-refractivity contribution >= 4 is 28.4 Å². The van der Waals surface area contributed by atoms with Gasteiger partial charge in [0.1, 0.15) is 5.69 Å². The molecule has 3 N–H and O–H groups in total. The van der Waals surface area contributed by atoms with Gasteiger partial charge >= 0.3 is 0 Å². The summed E-state index contributed by atoms with van der Waals surface area (Å²) in [6, 6.07) is 10.4. The zero-order valence-electron chi connectivity index (χ0n) is 10.3. The van der Waals surface area contributed by atoms with Crippen LogP contribution in [0.15, 0.2) is 47.1 Å². The predicted molar refractivity (Wildman–Crippen MR) is 76.1 cm³/mol. The molecule has 0 saturated carbocycles. The summed E-state index contributed by atoms with van der Waals surface area (Å²) in [6.07, 6.45) is 1.54. The van der Waals surface area contributed by atoms with Crippen molar-refractivity contribution in [3.8, 4) is 11.5 Å². The van der Waals surface area contributed by atoms with Gasteiger partial charge in [0, 0.05) is 5.39 Å². The van der Waals surface area contributed by atoms with Gasteiger partial charge < -0.3 is 4.42 Å². The van der Waals surface area contributed by atoms with E-state index in [1.54, 1.807) is 36.4 Å². The Hall–Kier alpha value is -2.37. The van der Waals surface area contributed by atoms with Crippen molar-refractivity contribution in [3.05, 3.63) is 53.2 Å². The Kier molecular flexibility index (Phi) is 3.14. The molecular weight excluding hydrogens is 278 g/mol. The minimum atomic E-state index is -0.410. The van der Waals surface area contributed by atoms with Crippen LogP contribution in [-0.4, -0.2) is 10.9 Å². The van der Waals surface area contributed by atoms with Crippen LogP contribution < -0.4 is 11.3 Å². The van der Waals surface area contributed by atoms with Crippen molar-refractivity contribution in [2.45, 2.75) is 0 Å². The lowest BCUT2D eigenvalue weighted by molar-refractivity contribution is 0.0955. The summed E-state index contributed by atoms with van der Waals surface area (Å²) < 4.78 is 5.31. The fourth-order valence-electron chi connectivity index (χ4n) is 2.03. The van der Waals surface area contributed by atoms with Crippen LogP contribution in [0.25, 0.3) is 22.4 Å². The maximum atomic E-state index is 11.9. The van der Waals surface area contributed by atoms with Crippen LogP contribution in [-0.2, 0) is 0 Å². The average molecular weight is 288 g/mol. The highest BCUT2D eigenvalue weighted by Gasteiger charge is 2.15. The summed E-state index contributed by atoms with van der Waals surface area (Å²) in [5.74, 6) is 5.37. The van der Waals surface area contributed by atoms with Crippen LogP contribution in [0.4, 0.5) is 0 Å². The standard InChI is InChI=1S/C14H10ClN3O2/c15-10-4-1-3-8-9(14(19)18-16)7-11(17-13(8)10)12-5-2-6-20-12/h1-7H,16H2,(H,18,19). The maximum absolute atomic E-state index is 11.9. The molecule has 0 bridgehead atoms. The molecule has 0 fully saturated rings. The van der Waals surface area contributed by atoms with Crippen molar-refractivity contribution in [3.63, 3.8) is 0 Å². The van der Waals surface area contributed by atoms with E-state index in [1.807, 2.05) is 0 Å². The van der Waals surface area contributed by atoms with E-state index in [4.69, 9.17) is 21.9 Å². The summed E-state index contributed by atoms with van der Waals surface area (Å²) in [6.45, 7) is 0. The summed E-state index contributed by atoms with van der Waals surface area (Å²) >= 11 is 6.15. The number of nitrogens with two attached hydrogens (primary N) is 1. The SMILES string of the molecule is NNC(=O)c1cc(-c2ccco2)nc2c(Cl)cccc12. The van der Waals surface area contributed by atoms with Crippen LogP contribution in [0.2, 0.25) is 5.02 Å². The van der Waals surface area contributed by atoms with E-state index < -0.39 is 5.91 Å². The molecule has 0 aliphatic heterocycles. The number of carbonyl (C=O) groups is 1. The smallest absolute Gasteiger partial charge is 0.265 e. The number of hydrogen-bond donors (Lipinski definition) is 2. The number of rotatable bonds is 2. The van der Waals surface area contributed by atoms with Crippen molar-refractivity contribution < 1.29 is 9.21 Å². The number of carbonyl (C=O) groups excluding carboxylic acids is 1. The fourth-order valence-corrected chi connectivity index (χ4v) is 2.25. The van der Waals surface area contributed by atoms with Gasteiger partial charge in [0.2, 0.25) is 0 Å². The molecule has 2 heterocycles. The van der Waals surface area contributed by atoms with Gasteiger partial charge in [-0.3, -0.25) is 10.2 Å². The van der Waals surface area contributed by atoms with E-state index >= 15 is 0 Å². The van der Waals surface area contributed by atoms with Gasteiger partial charge in [-0.05, 0) is 24.3 Å². The Morgan fingerprint density at radius 2 is 2.15 bits per heavy atom. The van der Waals surface area contributed by atoms with E-state index in [9.17, 15) is 4.79 Å². The highest BCUT2D eigenvalue weighted by atomic mass is 35.5. The van der Waals surface area contributed by atoms with Gasteiger partial charge in [0.25, 0.3) is 5.91 Å². The van der Waals surface area contributed by atoms with E-state index in [0.717, 1.165) is 0 Å². The van der Waals surface area contributed by atoms with Crippen molar-refractivity contribution in [1.29, 1.82) is 0 Å². The van der Waals surface area contributed by atoms with E-state index in [-0.39, 0.29) is 0 Å². The first-order chi connectivity index (χ1) is 9.70. The number of hydrogen-bond acceptors (Lipinski definition) is 4. The van der Waals surface area contributed by atoms with Crippen LogP contribution in [0.5, 0.6) is 0 Å². The van der Waals surface area contributed by atoms with E-state index in [1.165, 1.54) is 6.26 Å². The number of furan rings is 1. The van der Waals surface area contributed by atoms with E-state index in [0.29, 0.717) is 32.9 Å². The number of pyridine rings is 1. The lowest BCUT2D eigenvalue weighted by Crippen LogP contribution is -2.30. The molecule has 20 heavy (non-hydrogen) atoms. The largest absolute Gasteiger partial charge is 0.463 e. The molecule has 6 heteroatoms. The molecule has 0 unspecified atom stereocenters. The molecule has 0 atom stereocenters. The number of nitrogens with one attached hydrogen (secondary N) is 1. The molecule has 0 aliphatic carbocycles. The Morgan fingerprint density at radius 1 is 1.30 bits per heavy atom. The monoisotopic (exact) mass is 287 g/mol. The molecule has 0 aliphatic rings. The number of aromatic nitrogens is 1. The second-order valence-electron chi connectivity index (χ2n) is 4.14. The number of para-hydroxylation sites is 1. The number of hydrazine groups is 1. The number of halogens is 1. The Bertz CT molecular complexity index is 784. The number of nitrogens with zero attached hydrogens (tertiary/aromatic N) is 1. The number of benzene rings is 1. The first kappa shape index (κ1) is 12.7. The topological polar surface area (TPSA) is 81.1 Å². The summed E-state index contributed by atoms with van der Waals surface area (Å²) in [5, 5.41) is 1.10. The normalized spacial score (nSPS) is 10.7. The number of amides is 1. The van der Waals surface area contributed by atoms with Crippen LogP contribution >= 0.6 is 11.6 Å². The quantitative estimate of drug-likeness (QED) is 0.431. The van der Waals surface area contributed by atoms with Crippen LogP contribution in [0, 0.1) is 0 Å². The zero-order valence-corrected chi connectivity index (χ0v) is 11.0. The van der Waals surface area contributed by atoms with Crippen LogP contribution in [0.1, 0.15) is 10.4 Å². The van der Waals surface area contributed by atoms with Gasteiger partial charge in [-0.1, -0.05) is 23.7 Å². The zero-order chi connectivity index (χ0) is 14.1. The molecule has 3 aromatic rings. The highest BCUT2D eigenvalue weighted by Crippen LogP contribution is 2.29. The molecule has 5 nitrogen and oxygen atoms in total. The molecule has 100 valence electrons. The van der Waals surface area contributed by atoms with Crippen molar-refractivity contribution in [1.82, 2.24) is 10.4 Å². The Labute approximate surface area is 119 Å². The average Bonchev–Trinajstić information content (AvgIpc) is 3.00. The summed E-state index contributed by atoms with van der Waals surface area (Å²) in [7, 11) is 0. The van der Waals surface area contributed by atoms with Gasteiger partial charge in [0.15, 0.2) is 5.76 Å². The second kappa shape index (κ2) is 4.96. The third-order valence-electron chi connectivity index (χ3n) is 2.94. The summed E-state index contributed by atoms with van der Waals surface area (Å²) in [4.78, 5) is 16.4. The molecule has 0 spiro atoms. The minimum Gasteiger partial charge on any atom is -0.463 e. The van der Waals surface area contributed by atoms with Crippen molar-refractivity contribution in [2.75, 3.05) is 0 Å². The number of fused-ring (bicyclic) bond motifs is 1. The van der Waals surface area contributed by atoms with Crippen LogP contribution in [0.3, 0.4) is 0 Å². The molecular formula is C14H10ClN3O2. The first-order valence-corrected chi connectivity index (χ1v) is 6.22. The first-order valence-electron chi connectivity index (χ1n) is 5.85. The fraction of sp³-hybridized carbons (Fsp3) is 0. The number of nitrogen functional groups attached to an aromatic ring is 1. The lowest BCUT2D eigenvalue weighted by atomic mass is 10.1. The van der Waals surface area contributed by atoms with Gasteiger partial charge in [0.05, 0.1) is 22.4 Å². The summed E-state index contributed by atoms with van der Waals surface area (Å²) in [5.41, 5.74) is 3.57. The van der Waals surface area contributed by atoms with Gasteiger partial charge in [-0.25, -0.2) is 10.8 Å². The molecule has 2 aromatic heterocycles. The van der Waals surface area contributed by atoms with Gasteiger partial charge in [-0.15, -0.1) is 0 Å². The molecule has 3 rings (SSSR count). The van der Waals surface area contributed by atoms with Gasteiger partial charge in [-0.2, -0.15) is 0 Å². The molecule has 1 aromatic carbocycles. The molecule has 0 saturated heterocycles. The predicted octanol–water partition coefficient (Wildman–Crippen LogP) is 2.75. The highest BCUT2D eigenvalue weighted by molar-refractivity contribution is 6.35. The maximum Gasteiger partial charge on any atom is 0.265 e. The van der Waals surface area contributed by atoms with E-state index in [2.05, 4.69) is 10.4 Å². The Morgan fingerprint density at radius 3 is 2.85 bits per heavy atom. The third-order valence-corrected chi connectivity index (χ3v) is 3.24. The lowest BCUT2D eigenvalue weighted by Gasteiger charge is -2.08. The van der Waals surface area contributed by atoms with Crippen molar-refractivity contribution in [2.24, 2.45) is 5.84 Å². The second-order valence-corrected chi connectivity index (χ2v) is 4.55. The third kappa shape index (κ3) is 2.03. The molecule has 1 amide bonds. The Balaban J connectivity index is 2.35. The molecule has 0 radical (unpaired) electrons. The minimum absolute atomic E-state index is 0.395.